The standard InChI is InChI=1S/C5H12N.2BrH.Sn/c1-2-3-4-5-6;;;/h1-6H2;2*1H;. The molecule has 3 radical (unpaired) electrons. The van der Waals surface area contributed by atoms with E-state index in [0.29, 0.717) is 0 Å². The van der Waals surface area contributed by atoms with Gasteiger partial charge in [0.1, 0.15) is 0 Å². The quantitative estimate of drug-likeness (QED) is 0.596. The summed E-state index contributed by atoms with van der Waals surface area (Å²) < 4.78 is 1.40. The van der Waals surface area contributed by atoms with Crippen LogP contribution in [-0.2, 0) is 0 Å². The van der Waals surface area contributed by atoms with E-state index >= 15 is 0 Å². The molecule has 0 heterocycles. The van der Waals surface area contributed by atoms with Crippen LogP contribution in [0.25, 0.3) is 0 Å². The van der Waals surface area contributed by atoms with Crippen LogP contribution in [0.4, 0.5) is 0 Å². The number of hydrogen-bond donors (Lipinski definition) is 1. The summed E-state index contributed by atoms with van der Waals surface area (Å²) in [5, 5.41) is 0. The topological polar surface area (TPSA) is 26.0 Å². The Morgan fingerprint density at radius 3 is 1.89 bits per heavy atom. The molecule has 0 aromatic carbocycles. The van der Waals surface area contributed by atoms with Crippen molar-refractivity contribution < 1.29 is 0 Å². The van der Waals surface area contributed by atoms with E-state index in [1.165, 1.54) is 23.7 Å². The van der Waals surface area contributed by atoms with Crippen molar-refractivity contribution in [2.75, 3.05) is 6.54 Å². The fourth-order valence-electron chi connectivity index (χ4n) is 0.446. The molecule has 0 atom stereocenters. The Balaban J connectivity index is -0.000000180. The average Bonchev–Trinajstić information content (AvgIpc) is 1.69. The number of hydrogen-bond acceptors (Lipinski definition) is 1. The monoisotopic (exact) mass is 366 g/mol. The van der Waals surface area contributed by atoms with Gasteiger partial charge in [-0.1, -0.05) is 0 Å². The van der Waals surface area contributed by atoms with Gasteiger partial charge in [-0.05, 0) is 0 Å². The van der Waals surface area contributed by atoms with E-state index in [1.54, 1.807) is 22.5 Å². The maximum atomic E-state index is 5.28. The predicted molar refractivity (Wildman–Crippen MR) is 54.1 cm³/mol. The van der Waals surface area contributed by atoms with Crippen LogP contribution in [-0.4, -0.2) is 29.1 Å². The Hall–Kier alpha value is 1.72. The first-order chi connectivity index (χ1) is 3.41. The van der Waals surface area contributed by atoms with Gasteiger partial charge in [-0.15, -0.1) is 34.0 Å². The van der Waals surface area contributed by atoms with Gasteiger partial charge in [0.2, 0.25) is 0 Å². The molecule has 0 spiro atoms. The maximum absolute atomic E-state index is 5.28. The molecule has 0 bridgehead atoms. The van der Waals surface area contributed by atoms with Gasteiger partial charge in [0.15, 0.2) is 0 Å². The van der Waals surface area contributed by atoms with Crippen LogP contribution in [0.5, 0.6) is 0 Å². The first kappa shape index (κ1) is 17.0. The molecule has 1 nitrogen and oxygen atoms in total. The summed E-state index contributed by atoms with van der Waals surface area (Å²) in [7, 11) is 0. The van der Waals surface area contributed by atoms with E-state index in [9.17, 15) is 0 Å². The first-order valence-electron chi connectivity index (χ1n) is 2.76. The van der Waals surface area contributed by atoms with Gasteiger partial charge in [0, 0.05) is 0 Å². The molecule has 0 aliphatic carbocycles. The van der Waals surface area contributed by atoms with Gasteiger partial charge < -0.3 is 0 Å². The third kappa shape index (κ3) is 17.7. The molecule has 57 valence electrons. The molecule has 2 N–H and O–H groups in total. The molecule has 9 heavy (non-hydrogen) atoms. The normalized spacial score (nSPS) is 7.33. The van der Waals surface area contributed by atoms with Gasteiger partial charge in [-0.25, -0.2) is 0 Å². The zero-order chi connectivity index (χ0) is 5.54. The van der Waals surface area contributed by atoms with Crippen molar-refractivity contribution in [2.45, 2.75) is 23.7 Å². The Labute approximate surface area is 91.8 Å². The fourth-order valence-corrected chi connectivity index (χ4v) is 1.16. The van der Waals surface area contributed by atoms with Crippen molar-refractivity contribution in [3.8, 4) is 0 Å². The molecule has 0 aliphatic rings. The van der Waals surface area contributed by atoms with Crippen molar-refractivity contribution in [3.63, 3.8) is 0 Å². The van der Waals surface area contributed by atoms with Crippen LogP contribution in [0.1, 0.15) is 19.3 Å². The van der Waals surface area contributed by atoms with E-state index in [0.717, 1.165) is 6.54 Å². The summed E-state index contributed by atoms with van der Waals surface area (Å²) in [5.74, 6) is 0. The van der Waals surface area contributed by atoms with E-state index in [1.807, 2.05) is 0 Å². The SMILES string of the molecule is Br.Br.NCCCC[CH2][Sn]. The number of nitrogens with two attached hydrogens (primary N) is 1. The van der Waals surface area contributed by atoms with E-state index in [-0.39, 0.29) is 34.0 Å². The molecule has 0 aliphatic heterocycles. The number of rotatable bonds is 4. The second kappa shape index (κ2) is 16.4. The minimum atomic E-state index is 0. The second-order valence-electron chi connectivity index (χ2n) is 1.60. The van der Waals surface area contributed by atoms with Crippen LogP contribution in [0.3, 0.4) is 0 Å². The Bertz CT molecular complexity index is 34.1. The van der Waals surface area contributed by atoms with Crippen LogP contribution in [0.15, 0.2) is 0 Å². The molecule has 0 unspecified atom stereocenters. The molecule has 0 aromatic heterocycles. The molecule has 4 heteroatoms. The number of unbranched alkanes of at least 4 members (excludes halogenated alkanes) is 2. The zero-order valence-electron chi connectivity index (χ0n) is 5.43. The average molecular weight is 367 g/mol. The molecule has 0 saturated heterocycles. The van der Waals surface area contributed by atoms with E-state index in [2.05, 4.69) is 0 Å². The van der Waals surface area contributed by atoms with Crippen molar-refractivity contribution in [1.29, 1.82) is 0 Å². The number of halogens is 2. The fraction of sp³-hybridized carbons (Fsp3) is 1.00. The summed E-state index contributed by atoms with van der Waals surface area (Å²) in [5.41, 5.74) is 5.28. The third-order valence-electron chi connectivity index (χ3n) is 0.881. The van der Waals surface area contributed by atoms with E-state index in [4.69, 9.17) is 5.73 Å². The summed E-state index contributed by atoms with van der Waals surface area (Å²) >= 11 is 1.66. The second-order valence-corrected chi connectivity index (χ2v) is 3.03. The molecular weight excluding hydrogens is 353 g/mol. The molecule has 0 fully saturated rings. The van der Waals surface area contributed by atoms with E-state index < -0.39 is 0 Å². The van der Waals surface area contributed by atoms with Crippen molar-refractivity contribution >= 4 is 56.5 Å². The molecular formula is C5H14Br2NSn. The molecule has 0 amide bonds. The summed E-state index contributed by atoms with van der Waals surface area (Å²) in [6.45, 7) is 0.871. The molecule has 0 aromatic rings. The van der Waals surface area contributed by atoms with Crippen molar-refractivity contribution in [2.24, 2.45) is 5.73 Å². The zero-order valence-corrected chi connectivity index (χ0v) is 11.7. The van der Waals surface area contributed by atoms with Crippen LogP contribution in [0, 0.1) is 0 Å². The van der Waals surface area contributed by atoms with Gasteiger partial charge >= 0.3 is 58.5 Å². The minimum absolute atomic E-state index is 0. The molecule has 0 saturated carbocycles. The first-order valence-corrected chi connectivity index (χ1v) is 4.78. The van der Waals surface area contributed by atoms with Gasteiger partial charge in [-0.2, -0.15) is 0 Å². The van der Waals surface area contributed by atoms with Gasteiger partial charge in [0.25, 0.3) is 0 Å². The summed E-state index contributed by atoms with van der Waals surface area (Å²) in [6.07, 6.45) is 3.94. The Morgan fingerprint density at radius 2 is 1.56 bits per heavy atom. The Morgan fingerprint density at radius 1 is 1.00 bits per heavy atom. The van der Waals surface area contributed by atoms with Gasteiger partial charge in [-0.3, -0.25) is 0 Å². The third-order valence-corrected chi connectivity index (χ3v) is 1.89. The van der Waals surface area contributed by atoms with Crippen LogP contribution >= 0.6 is 34.0 Å². The Kier molecular flexibility index (Phi) is 30.9. The summed E-state index contributed by atoms with van der Waals surface area (Å²) in [6, 6.07) is 0. The van der Waals surface area contributed by atoms with Crippen molar-refractivity contribution in [1.82, 2.24) is 0 Å². The van der Waals surface area contributed by atoms with Crippen LogP contribution in [0.2, 0.25) is 4.44 Å². The predicted octanol–water partition coefficient (Wildman–Crippen LogP) is 1.86. The van der Waals surface area contributed by atoms with Crippen LogP contribution < -0.4 is 5.73 Å². The van der Waals surface area contributed by atoms with Crippen molar-refractivity contribution in [3.05, 3.63) is 0 Å². The van der Waals surface area contributed by atoms with Gasteiger partial charge in [0.05, 0.1) is 0 Å². The summed E-state index contributed by atoms with van der Waals surface area (Å²) in [4.78, 5) is 0. The molecule has 0 rings (SSSR count).